The normalized spacial score (nSPS) is 10.4. The molecule has 0 aliphatic heterocycles. The number of hydrogen-bond acceptors (Lipinski definition) is 2. The number of benzene rings is 2. The highest BCUT2D eigenvalue weighted by Crippen LogP contribution is 2.16. The van der Waals surface area contributed by atoms with Crippen LogP contribution in [-0.4, -0.2) is 17.9 Å². The van der Waals surface area contributed by atoms with Crippen LogP contribution in [0.3, 0.4) is 0 Å². The van der Waals surface area contributed by atoms with Crippen molar-refractivity contribution in [1.82, 2.24) is 4.90 Å². The van der Waals surface area contributed by atoms with Gasteiger partial charge in [-0.25, -0.2) is 8.78 Å². The minimum absolute atomic E-state index is 0.131. The van der Waals surface area contributed by atoms with Gasteiger partial charge in [0.15, 0.2) is 0 Å². The molecule has 104 valence electrons. The topological polar surface area (TPSA) is 20.3 Å². The summed E-state index contributed by atoms with van der Waals surface area (Å²) in [7, 11) is 1.63. The highest BCUT2D eigenvalue weighted by atomic mass is 32.1. The lowest BCUT2D eigenvalue weighted by Crippen LogP contribution is -2.26. The van der Waals surface area contributed by atoms with Gasteiger partial charge in [-0.05, 0) is 35.9 Å². The van der Waals surface area contributed by atoms with Crippen molar-refractivity contribution in [2.24, 2.45) is 0 Å². The lowest BCUT2D eigenvalue weighted by Gasteiger charge is -2.17. The Labute approximate surface area is 121 Å². The van der Waals surface area contributed by atoms with E-state index in [0.29, 0.717) is 12.1 Å². The number of carbonyl (C=O) groups is 1. The zero-order valence-corrected chi connectivity index (χ0v) is 11.7. The number of nitrogens with zero attached hydrogens (tertiary/aromatic N) is 1. The van der Waals surface area contributed by atoms with Gasteiger partial charge < -0.3 is 4.90 Å². The Balaban J connectivity index is 2.11. The number of rotatable bonds is 3. The first-order valence-electron chi connectivity index (χ1n) is 5.96. The summed E-state index contributed by atoms with van der Waals surface area (Å²) in [4.78, 5) is 13.8. The molecule has 5 heteroatoms. The molecular weight excluding hydrogens is 280 g/mol. The summed E-state index contributed by atoms with van der Waals surface area (Å²) in [5.41, 5.74) is 1.18. The maximum absolute atomic E-state index is 13.1. The summed E-state index contributed by atoms with van der Waals surface area (Å²) < 4.78 is 25.9. The SMILES string of the molecule is CN(Cc1ccc(F)cc1)C(=O)c1ccc(F)c(S)c1. The minimum atomic E-state index is -0.467. The largest absolute Gasteiger partial charge is 0.337 e. The number of amides is 1. The minimum Gasteiger partial charge on any atom is -0.337 e. The zero-order chi connectivity index (χ0) is 14.7. The van der Waals surface area contributed by atoms with E-state index in [1.54, 1.807) is 19.2 Å². The van der Waals surface area contributed by atoms with Crippen LogP contribution >= 0.6 is 12.6 Å². The molecule has 0 fully saturated rings. The number of thiol groups is 1. The molecule has 0 saturated heterocycles. The van der Waals surface area contributed by atoms with Crippen LogP contribution in [0.15, 0.2) is 47.4 Å². The van der Waals surface area contributed by atoms with Crippen LogP contribution < -0.4 is 0 Å². The Morgan fingerprint density at radius 2 is 1.80 bits per heavy atom. The van der Waals surface area contributed by atoms with Crippen molar-refractivity contribution in [3.63, 3.8) is 0 Å². The fourth-order valence-corrected chi connectivity index (χ4v) is 2.02. The molecule has 2 aromatic carbocycles. The van der Waals surface area contributed by atoms with Gasteiger partial charge in [-0.1, -0.05) is 12.1 Å². The van der Waals surface area contributed by atoms with Crippen molar-refractivity contribution in [3.05, 3.63) is 65.2 Å². The maximum atomic E-state index is 13.1. The Hall–Kier alpha value is -1.88. The van der Waals surface area contributed by atoms with Gasteiger partial charge in [0.2, 0.25) is 0 Å². The fraction of sp³-hybridized carbons (Fsp3) is 0.133. The van der Waals surface area contributed by atoms with Crippen LogP contribution in [0.1, 0.15) is 15.9 Å². The third kappa shape index (κ3) is 3.36. The Kier molecular flexibility index (Phi) is 4.39. The predicted octanol–water partition coefficient (Wildman–Crippen LogP) is 3.53. The predicted molar refractivity (Wildman–Crippen MR) is 75.8 cm³/mol. The van der Waals surface area contributed by atoms with E-state index < -0.39 is 5.82 Å². The summed E-state index contributed by atoms with van der Waals surface area (Å²) in [5, 5.41) is 0. The van der Waals surface area contributed by atoms with Crippen LogP contribution in [0.4, 0.5) is 8.78 Å². The third-order valence-electron chi connectivity index (χ3n) is 2.87. The van der Waals surface area contributed by atoms with E-state index in [1.807, 2.05) is 0 Å². The summed E-state index contributed by atoms with van der Waals surface area (Å²) in [6, 6.07) is 9.94. The fourth-order valence-electron chi connectivity index (χ4n) is 1.80. The van der Waals surface area contributed by atoms with E-state index in [-0.39, 0.29) is 16.6 Å². The molecule has 20 heavy (non-hydrogen) atoms. The van der Waals surface area contributed by atoms with E-state index in [0.717, 1.165) is 5.56 Å². The maximum Gasteiger partial charge on any atom is 0.253 e. The van der Waals surface area contributed by atoms with E-state index in [9.17, 15) is 13.6 Å². The lowest BCUT2D eigenvalue weighted by atomic mass is 10.1. The van der Waals surface area contributed by atoms with E-state index >= 15 is 0 Å². The molecule has 0 aromatic heterocycles. The van der Waals surface area contributed by atoms with Crippen molar-refractivity contribution in [3.8, 4) is 0 Å². The Bertz CT molecular complexity index is 628. The van der Waals surface area contributed by atoms with Crippen molar-refractivity contribution >= 4 is 18.5 Å². The third-order valence-corrected chi connectivity index (χ3v) is 3.22. The summed E-state index contributed by atoms with van der Waals surface area (Å²) in [5.74, 6) is -1.03. The van der Waals surface area contributed by atoms with Crippen LogP contribution in [0.5, 0.6) is 0 Å². The average Bonchev–Trinajstić information content (AvgIpc) is 2.43. The highest BCUT2D eigenvalue weighted by molar-refractivity contribution is 7.80. The monoisotopic (exact) mass is 293 g/mol. The second-order valence-corrected chi connectivity index (χ2v) is 4.94. The van der Waals surface area contributed by atoms with Gasteiger partial charge in [-0.3, -0.25) is 4.79 Å². The number of carbonyl (C=O) groups excluding carboxylic acids is 1. The first kappa shape index (κ1) is 14.5. The van der Waals surface area contributed by atoms with Gasteiger partial charge in [0, 0.05) is 24.1 Å². The number of halogens is 2. The van der Waals surface area contributed by atoms with Gasteiger partial charge in [-0.2, -0.15) is 0 Å². The van der Waals surface area contributed by atoms with E-state index in [1.165, 1.54) is 35.2 Å². The summed E-state index contributed by atoms with van der Waals surface area (Å²) >= 11 is 3.95. The molecular formula is C15H13F2NOS. The van der Waals surface area contributed by atoms with Crippen LogP contribution in [0, 0.1) is 11.6 Å². The molecule has 0 aliphatic carbocycles. The van der Waals surface area contributed by atoms with Gasteiger partial charge >= 0.3 is 0 Å². The molecule has 1 amide bonds. The Morgan fingerprint density at radius 1 is 1.15 bits per heavy atom. The zero-order valence-electron chi connectivity index (χ0n) is 10.8. The molecule has 0 atom stereocenters. The van der Waals surface area contributed by atoms with Crippen molar-refractivity contribution < 1.29 is 13.6 Å². The molecule has 0 unspecified atom stereocenters. The van der Waals surface area contributed by atoms with E-state index in [2.05, 4.69) is 12.6 Å². The van der Waals surface area contributed by atoms with Crippen molar-refractivity contribution in [2.45, 2.75) is 11.4 Å². The first-order chi connectivity index (χ1) is 9.47. The molecule has 0 aliphatic rings. The van der Waals surface area contributed by atoms with Crippen LogP contribution in [-0.2, 0) is 6.54 Å². The van der Waals surface area contributed by atoms with Crippen molar-refractivity contribution in [2.75, 3.05) is 7.05 Å². The molecule has 2 rings (SSSR count). The molecule has 2 nitrogen and oxygen atoms in total. The van der Waals surface area contributed by atoms with Gasteiger partial charge in [0.05, 0.1) is 0 Å². The van der Waals surface area contributed by atoms with Crippen LogP contribution in [0.25, 0.3) is 0 Å². The summed E-state index contributed by atoms with van der Waals surface area (Å²) in [6.07, 6.45) is 0. The first-order valence-corrected chi connectivity index (χ1v) is 6.40. The molecule has 0 heterocycles. The van der Waals surface area contributed by atoms with Gasteiger partial charge in [-0.15, -0.1) is 12.6 Å². The van der Waals surface area contributed by atoms with Gasteiger partial charge in [0.1, 0.15) is 11.6 Å². The molecule has 0 N–H and O–H groups in total. The molecule has 0 radical (unpaired) electrons. The number of hydrogen-bond donors (Lipinski definition) is 1. The summed E-state index contributed by atoms with van der Waals surface area (Å²) in [6.45, 7) is 0.346. The lowest BCUT2D eigenvalue weighted by molar-refractivity contribution is 0.0784. The average molecular weight is 293 g/mol. The second-order valence-electron chi connectivity index (χ2n) is 4.45. The molecule has 0 spiro atoms. The smallest absolute Gasteiger partial charge is 0.253 e. The van der Waals surface area contributed by atoms with Crippen LogP contribution in [0.2, 0.25) is 0 Å². The molecule has 0 saturated carbocycles. The van der Waals surface area contributed by atoms with Crippen molar-refractivity contribution in [1.29, 1.82) is 0 Å². The highest BCUT2D eigenvalue weighted by Gasteiger charge is 2.13. The Morgan fingerprint density at radius 3 is 2.40 bits per heavy atom. The van der Waals surface area contributed by atoms with E-state index in [4.69, 9.17) is 0 Å². The second kappa shape index (κ2) is 6.05. The quantitative estimate of drug-likeness (QED) is 0.858. The van der Waals surface area contributed by atoms with Gasteiger partial charge in [0.25, 0.3) is 5.91 Å². The standard InChI is InChI=1S/C15H13F2NOS/c1-18(9-10-2-5-12(16)6-3-10)15(19)11-4-7-13(17)14(20)8-11/h2-8,20H,9H2,1H3. The molecule has 2 aromatic rings. The molecule has 0 bridgehead atoms.